The Bertz CT molecular complexity index is 1150. The smallest absolute Gasteiger partial charge is 0.318 e. The van der Waals surface area contributed by atoms with E-state index in [1.165, 1.54) is 24.3 Å². The molecule has 2 aromatic rings. The molecule has 2 unspecified atom stereocenters. The van der Waals surface area contributed by atoms with E-state index in [2.05, 4.69) is 23.4 Å². The number of carbonyl (C=O) groups is 1. The quantitative estimate of drug-likeness (QED) is 0.593. The van der Waals surface area contributed by atoms with Crippen LogP contribution in [0.4, 0.5) is 10.2 Å². The third kappa shape index (κ3) is 5.13. The zero-order valence-corrected chi connectivity index (χ0v) is 21.6. The lowest BCUT2D eigenvalue weighted by molar-refractivity contribution is -0.126. The van der Waals surface area contributed by atoms with E-state index in [1.807, 2.05) is 11.9 Å². The Labute approximate surface area is 217 Å². The highest BCUT2D eigenvalue weighted by atomic mass is 19.1. The number of anilines is 1. The highest BCUT2D eigenvalue weighted by Crippen LogP contribution is 2.40. The number of piperazine rings is 1. The number of carbonyl (C=O) groups excluding carboxylic acids is 1. The first-order valence-corrected chi connectivity index (χ1v) is 12.9. The molecule has 198 valence electrons. The van der Waals surface area contributed by atoms with Crippen molar-refractivity contribution < 1.29 is 19.0 Å². The number of aromatic hydroxyl groups is 1. The number of aromatic nitrogens is 2. The summed E-state index contributed by atoms with van der Waals surface area (Å²) in [6, 6.07) is 4.68. The molecule has 1 amide bonds. The van der Waals surface area contributed by atoms with Crippen LogP contribution in [0, 0.1) is 5.82 Å². The molecule has 2 atom stereocenters. The molecule has 37 heavy (non-hydrogen) atoms. The van der Waals surface area contributed by atoms with E-state index in [-0.39, 0.29) is 23.3 Å². The zero-order chi connectivity index (χ0) is 26.1. The highest BCUT2D eigenvalue weighted by Gasteiger charge is 2.34. The third-order valence-electron chi connectivity index (χ3n) is 7.88. The van der Waals surface area contributed by atoms with Gasteiger partial charge in [-0.1, -0.05) is 12.6 Å². The summed E-state index contributed by atoms with van der Waals surface area (Å²) < 4.78 is 20.9. The number of amides is 1. The SMILES string of the molecule is C=CC(=O)N1CCN(c2nc(OCC3CCCN3C)nc3c2CN(C)C(c2c(O)cccc2F)C3)CC1. The van der Waals surface area contributed by atoms with E-state index < -0.39 is 5.82 Å². The molecule has 2 fully saturated rings. The second-order valence-corrected chi connectivity index (χ2v) is 10.2. The number of hydrogen-bond acceptors (Lipinski definition) is 8. The molecule has 0 aliphatic carbocycles. The maximum atomic E-state index is 14.8. The standard InChI is InChI=1S/C27H35FN6O3/c1-4-24(36)33-11-13-34(14-12-33)26-19-16-32(3)22(25-20(28)8-5-9-23(25)35)15-21(19)29-27(30-26)37-17-18-7-6-10-31(18)2/h4-5,8-9,18,22,35H,1,6-7,10-17H2,2-3H3. The van der Waals surface area contributed by atoms with Gasteiger partial charge in [0.15, 0.2) is 0 Å². The minimum atomic E-state index is -0.432. The third-order valence-corrected chi connectivity index (χ3v) is 7.88. The molecular weight excluding hydrogens is 475 g/mol. The molecule has 3 aliphatic rings. The first kappa shape index (κ1) is 25.4. The van der Waals surface area contributed by atoms with Crippen molar-refractivity contribution in [2.75, 3.05) is 58.3 Å². The Balaban J connectivity index is 1.46. The number of likely N-dealkylation sites (tertiary alicyclic amines) is 1. The molecule has 3 aliphatic heterocycles. The molecular formula is C27H35FN6O3. The number of likely N-dealkylation sites (N-methyl/N-ethyl adjacent to an activating group) is 2. The second kappa shape index (κ2) is 10.6. The van der Waals surface area contributed by atoms with Gasteiger partial charge < -0.3 is 24.5 Å². The number of halogens is 1. The van der Waals surface area contributed by atoms with Gasteiger partial charge in [0.1, 0.15) is 24.0 Å². The fourth-order valence-corrected chi connectivity index (χ4v) is 5.66. The monoisotopic (exact) mass is 510 g/mol. The summed E-state index contributed by atoms with van der Waals surface area (Å²) in [6.45, 7) is 8.08. The zero-order valence-electron chi connectivity index (χ0n) is 21.6. The number of rotatable bonds is 6. The molecule has 0 saturated carbocycles. The van der Waals surface area contributed by atoms with Crippen molar-refractivity contribution >= 4 is 11.7 Å². The van der Waals surface area contributed by atoms with Crippen molar-refractivity contribution in [3.05, 3.63) is 53.5 Å². The van der Waals surface area contributed by atoms with Crippen LogP contribution in [0.15, 0.2) is 30.9 Å². The molecule has 1 N–H and O–H groups in total. The van der Waals surface area contributed by atoms with Gasteiger partial charge in [0.25, 0.3) is 0 Å². The van der Waals surface area contributed by atoms with Gasteiger partial charge in [-0.3, -0.25) is 9.69 Å². The minimum absolute atomic E-state index is 0.0571. The Kier molecular flexibility index (Phi) is 7.30. The normalized spacial score (nSPS) is 22.7. The summed E-state index contributed by atoms with van der Waals surface area (Å²) in [7, 11) is 4.02. The van der Waals surface area contributed by atoms with Crippen LogP contribution in [-0.4, -0.2) is 95.1 Å². The van der Waals surface area contributed by atoms with Crippen LogP contribution in [0.25, 0.3) is 0 Å². The van der Waals surface area contributed by atoms with E-state index in [9.17, 15) is 14.3 Å². The topological polar surface area (TPSA) is 85.3 Å². The van der Waals surface area contributed by atoms with Gasteiger partial charge in [0.05, 0.1) is 5.69 Å². The average Bonchev–Trinajstić information content (AvgIpc) is 3.31. The van der Waals surface area contributed by atoms with Crippen molar-refractivity contribution in [3.8, 4) is 11.8 Å². The van der Waals surface area contributed by atoms with Crippen LogP contribution >= 0.6 is 0 Å². The summed E-state index contributed by atoms with van der Waals surface area (Å²) >= 11 is 0. The van der Waals surface area contributed by atoms with Crippen molar-refractivity contribution in [1.29, 1.82) is 0 Å². The Morgan fingerprint density at radius 3 is 2.65 bits per heavy atom. The van der Waals surface area contributed by atoms with Crippen molar-refractivity contribution in [3.63, 3.8) is 0 Å². The Morgan fingerprint density at radius 1 is 1.19 bits per heavy atom. The van der Waals surface area contributed by atoms with E-state index in [0.29, 0.717) is 57.8 Å². The van der Waals surface area contributed by atoms with Gasteiger partial charge in [-0.15, -0.1) is 0 Å². The molecule has 4 heterocycles. The predicted molar refractivity (Wildman–Crippen MR) is 138 cm³/mol. The number of hydrogen-bond donors (Lipinski definition) is 1. The van der Waals surface area contributed by atoms with E-state index in [0.717, 1.165) is 36.5 Å². The lowest BCUT2D eigenvalue weighted by Crippen LogP contribution is -2.49. The molecule has 0 radical (unpaired) electrons. The summed E-state index contributed by atoms with van der Waals surface area (Å²) in [6.07, 6.45) is 3.99. The number of phenols is 1. The van der Waals surface area contributed by atoms with E-state index in [1.54, 1.807) is 4.90 Å². The molecule has 0 spiro atoms. The Morgan fingerprint density at radius 2 is 1.97 bits per heavy atom. The van der Waals surface area contributed by atoms with Crippen LogP contribution in [0.1, 0.15) is 35.7 Å². The Hall–Kier alpha value is -3.24. The first-order chi connectivity index (χ1) is 17.9. The van der Waals surface area contributed by atoms with Crippen LogP contribution in [-0.2, 0) is 17.8 Å². The fraction of sp³-hybridized carbons (Fsp3) is 0.519. The molecule has 2 saturated heterocycles. The predicted octanol–water partition coefficient (Wildman–Crippen LogP) is 2.36. The molecule has 9 nitrogen and oxygen atoms in total. The van der Waals surface area contributed by atoms with Gasteiger partial charge in [-0.05, 0) is 51.7 Å². The number of benzene rings is 1. The van der Waals surface area contributed by atoms with Crippen molar-refractivity contribution in [2.24, 2.45) is 0 Å². The minimum Gasteiger partial charge on any atom is -0.508 e. The number of nitrogens with zero attached hydrogens (tertiary/aromatic N) is 6. The maximum Gasteiger partial charge on any atom is 0.318 e. The lowest BCUT2D eigenvalue weighted by atomic mass is 9.92. The van der Waals surface area contributed by atoms with Crippen LogP contribution < -0.4 is 9.64 Å². The van der Waals surface area contributed by atoms with E-state index >= 15 is 0 Å². The van der Waals surface area contributed by atoms with Crippen LogP contribution in [0.2, 0.25) is 0 Å². The molecule has 5 rings (SSSR count). The van der Waals surface area contributed by atoms with Gasteiger partial charge in [0.2, 0.25) is 5.91 Å². The maximum absolute atomic E-state index is 14.8. The summed E-state index contributed by atoms with van der Waals surface area (Å²) in [5.74, 6) is 0.242. The number of fused-ring (bicyclic) bond motifs is 1. The first-order valence-electron chi connectivity index (χ1n) is 12.9. The molecule has 1 aromatic heterocycles. The lowest BCUT2D eigenvalue weighted by Gasteiger charge is -2.39. The van der Waals surface area contributed by atoms with Crippen LogP contribution in [0.3, 0.4) is 0 Å². The fourth-order valence-electron chi connectivity index (χ4n) is 5.66. The number of ether oxygens (including phenoxy) is 1. The molecule has 0 bridgehead atoms. The van der Waals surface area contributed by atoms with Crippen molar-refractivity contribution in [1.82, 2.24) is 24.7 Å². The molecule has 10 heteroatoms. The summed E-state index contributed by atoms with van der Waals surface area (Å²) in [4.78, 5) is 30.0. The summed E-state index contributed by atoms with van der Waals surface area (Å²) in [5.41, 5.74) is 2.06. The van der Waals surface area contributed by atoms with Gasteiger partial charge >= 0.3 is 6.01 Å². The number of phenolic OH excluding ortho intramolecular Hbond substituents is 1. The average molecular weight is 511 g/mol. The van der Waals surface area contributed by atoms with E-state index in [4.69, 9.17) is 14.7 Å². The van der Waals surface area contributed by atoms with Gasteiger partial charge in [-0.2, -0.15) is 9.97 Å². The highest BCUT2D eigenvalue weighted by molar-refractivity contribution is 5.87. The second-order valence-electron chi connectivity index (χ2n) is 10.2. The van der Waals surface area contributed by atoms with Crippen LogP contribution in [0.5, 0.6) is 11.8 Å². The summed E-state index contributed by atoms with van der Waals surface area (Å²) in [5, 5.41) is 10.5. The van der Waals surface area contributed by atoms with Gasteiger partial charge in [-0.25, -0.2) is 4.39 Å². The van der Waals surface area contributed by atoms with Crippen molar-refractivity contribution in [2.45, 2.75) is 37.9 Å². The molecule has 1 aromatic carbocycles. The van der Waals surface area contributed by atoms with Gasteiger partial charge in [0, 0.05) is 62.4 Å². The largest absolute Gasteiger partial charge is 0.508 e.